The van der Waals surface area contributed by atoms with Gasteiger partial charge in [0.15, 0.2) is 11.5 Å². The Kier molecular flexibility index (Phi) is 8.30. The van der Waals surface area contributed by atoms with Gasteiger partial charge in [0.25, 0.3) is 5.91 Å². The summed E-state index contributed by atoms with van der Waals surface area (Å²) in [7, 11) is 1.46. The molecule has 2 amide bonds. The van der Waals surface area contributed by atoms with Gasteiger partial charge in [0.05, 0.1) is 32.4 Å². The van der Waals surface area contributed by atoms with Crippen LogP contribution in [0.4, 0.5) is 8.78 Å². The molecular formula is C33H31ClF2N4O7. The third kappa shape index (κ3) is 6.32. The molecule has 0 saturated heterocycles. The second kappa shape index (κ2) is 12.1. The largest absolute Gasteiger partial charge is 0.586 e. The molecule has 1 aliphatic carbocycles. The third-order valence-corrected chi connectivity index (χ3v) is 8.47. The summed E-state index contributed by atoms with van der Waals surface area (Å²) in [6.45, 7) is 3.48. The minimum absolute atomic E-state index is 0.142. The molecular weight excluding hydrogens is 638 g/mol. The van der Waals surface area contributed by atoms with Gasteiger partial charge >= 0.3 is 6.29 Å². The van der Waals surface area contributed by atoms with Gasteiger partial charge in [-0.1, -0.05) is 11.6 Å². The maximum atomic E-state index is 13.8. The van der Waals surface area contributed by atoms with Gasteiger partial charge in [-0.25, -0.2) is 9.97 Å². The van der Waals surface area contributed by atoms with E-state index in [1.807, 2.05) is 0 Å². The maximum Gasteiger partial charge on any atom is 0.586 e. The molecule has 1 aliphatic heterocycles. The third-order valence-electron chi connectivity index (χ3n) is 8.09. The van der Waals surface area contributed by atoms with E-state index in [0.29, 0.717) is 45.8 Å². The van der Waals surface area contributed by atoms with Crippen LogP contribution in [0.5, 0.6) is 23.0 Å². The number of nitrogens with two attached hydrogens (primary N) is 1. The highest BCUT2D eigenvalue weighted by Gasteiger charge is 2.47. The average Bonchev–Trinajstić information content (AvgIpc) is 3.83. The number of benzene rings is 2. The van der Waals surface area contributed by atoms with Crippen molar-refractivity contribution in [2.24, 2.45) is 11.7 Å². The Morgan fingerprint density at radius 3 is 2.57 bits per heavy atom. The molecule has 0 bridgehead atoms. The number of aliphatic hydroxyl groups is 1. The molecule has 47 heavy (non-hydrogen) atoms. The number of alkyl halides is 2. The highest BCUT2D eigenvalue weighted by molar-refractivity contribution is 6.30. The van der Waals surface area contributed by atoms with Crippen molar-refractivity contribution in [3.8, 4) is 34.3 Å². The van der Waals surface area contributed by atoms with E-state index in [-0.39, 0.29) is 59.7 Å². The van der Waals surface area contributed by atoms with Crippen LogP contribution in [0.15, 0.2) is 42.5 Å². The average molecular weight is 669 g/mol. The number of hydrogen-bond donors (Lipinski definition) is 3. The topological polar surface area (TPSA) is 155 Å². The van der Waals surface area contributed by atoms with Crippen LogP contribution in [0.1, 0.15) is 46.9 Å². The zero-order chi connectivity index (χ0) is 33.7. The number of carbonyl (C=O) groups is 2. The molecule has 1 fully saturated rings. The summed E-state index contributed by atoms with van der Waals surface area (Å²) in [6.07, 6.45) is -2.80. The first-order chi connectivity index (χ1) is 22.3. The minimum Gasteiger partial charge on any atom is -0.494 e. The number of halogens is 3. The van der Waals surface area contributed by atoms with E-state index in [4.69, 9.17) is 31.8 Å². The second-order valence-electron chi connectivity index (χ2n) is 11.5. The molecule has 6 rings (SSSR count). The van der Waals surface area contributed by atoms with E-state index in [2.05, 4.69) is 19.8 Å². The molecule has 2 aliphatic rings. The molecule has 11 nitrogen and oxygen atoms in total. The van der Waals surface area contributed by atoms with Gasteiger partial charge in [0.1, 0.15) is 33.5 Å². The van der Waals surface area contributed by atoms with E-state index in [1.165, 1.54) is 37.4 Å². The number of carbonyl (C=O) groups excluding carboxylic acids is 2. The van der Waals surface area contributed by atoms with Gasteiger partial charge in [0, 0.05) is 22.1 Å². The minimum atomic E-state index is -3.84. The zero-order valence-electron chi connectivity index (χ0n) is 25.7. The molecule has 1 atom stereocenters. The van der Waals surface area contributed by atoms with Crippen LogP contribution in [0.3, 0.4) is 0 Å². The molecule has 1 saturated carbocycles. The summed E-state index contributed by atoms with van der Waals surface area (Å²) in [5, 5.41) is 16.0. The molecule has 0 unspecified atom stereocenters. The highest BCUT2D eigenvalue weighted by Crippen LogP contribution is 2.48. The predicted molar refractivity (Wildman–Crippen MR) is 167 cm³/mol. The molecule has 0 spiro atoms. The van der Waals surface area contributed by atoms with Crippen LogP contribution in [0.25, 0.3) is 22.2 Å². The number of methoxy groups -OCH3 is 1. The first-order valence-electron chi connectivity index (χ1n) is 14.8. The lowest BCUT2D eigenvalue weighted by molar-refractivity contribution is -0.286. The number of rotatable bonds is 11. The fourth-order valence-corrected chi connectivity index (χ4v) is 5.81. The lowest BCUT2D eigenvalue weighted by atomic mass is 9.90. The number of pyridine rings is 2. The van der Waals surface area contributed by atoms with Crippen molar-refractivity contribution in [2.45, 2.75) is 45.0 Å². The lowest BCUT2D eigenvalue weighted by Crippen LogP contribution is -2.43. The number of aromatic nitrogens is 2. The standard InChI is InChI=1S/C33H31ClF2N4O7/c1-4-45-29-19(14-26(37)41)13-25(39-28(29)17-5-8-22-23(11-17)47-33(35,36)46-22)32(43,21-6-7-21)15-38-31(42)20-10-18-9-16(2)30(34)40-27(18)24(12-20)44-3/h5,8-13,21,43H,4,6-7,14-15H2,1-3H3,(H2,37,41)(H,38,42)/t32-/m1/s1. The Hall–Kier alpha value is -4.75. The van der Waals surface area contributed by atoms with Crippen molar-refractivity contribution in [1.29, 1.82) is 0 Å². The molecule has 14 heteroatoms. The molecule has 3 heterocycles. The Bertz CT molecular complexity index is 1920. The normalized spacial score (nSPS) is 16.1. The fraction of sp³-hybridized carbons (Fsp3) is 0.333. The van der Waals surface area contributed by atoms with Crippen molar-refractivity contribution in [2.75, 3.05) is 20.3 Å². The van der Waals surface area contributed by atoms with Crippen LogP contribution in [-0.4, -0.2) is 53.4 Å². The molecule has 4 N–H and O–H groups in total. The number of ether oxygens (including phenoxy) is 4. The monoisotopic (exact) mass is 668 g/mol. The first-order valence-corrected chi connectivity index (χ1v) is 15.2. The summed E-state index contributed by atoms with van der Waals surface area (Å²) in [5.74, 6) is -1.28. The van der Waals surface area contributed by atoms with Crippen LogP contribution < -0.4 is 30.0 Å². The lowest BCUT2D eigenvalue weighted by Gasteiger charge is -2.30. The fourth-order valence-electron chi connectivity index (χ4n) is 5.67. The van der Waals surface area contributed by atoms with Crippen molar-refractivity contribution in [1.82, 2.24) is 15.3 Å². The Morgan fingerprint density at radius 1 is 1.15 bits per heavy atom. The highest BCUT2D eigenvalue weighted by atomic mass is 35.5. The van der Waals surface area contributed by atoms with Gasteiger partial charge in [-0.3, -0.25) is 9.59 Å². The first kappa shape index (κ1) is 32.2. The van der Waals surface area contributed by atoms with E-state index in [0.717, 1.165) is 5.56 Å². The summed E-state index contributed by atoms with van der Waals surface area (Å²) < 4.78 is 48.1. The van der Waals surface area contributed by atoms with E-state index in [9.17, 15) is 23.5 Å². The number of hydrogen-bond acceptors (Lipinski definition) is 9. The predicted octanol–water partition coefficient (Wildman–Crippen LogP) is 5.04. The van der Waals surface area contributed by atoms with Gasteiger partial charge in [-0.15, -0.1) is 8.78 Å². The van der Waals surface area contributed by atoms with E-state index >= 15 is 0 Å². The molecule has 2 aromatic carbocycles. The number of nitrogens with zero attached hydrogens (tertiary/aromatic N) is 2. The van der Waals surface area contributed by atoms with Crippen molar-refractivity contribution in [3.63, 3.8) is 0 Å². The van der Waals surface area contributed by atoms with Gasteiger partial charge in [0.2, 0.25) is 5.91 Å². The smallest absolute Gasteiger partial charge is 0.494 e. The second-order valence-corrected chi connectivity index (χ2v) is 11.8. The molecule has 0 radical (unpaired) electrons. The van der Waals surface area contributed by atoms with Crippen LogP contribution in [0, 0.1) is 12.8 Å². The van der Waals surface area contributed by atoms with Crippen molar-refractivity contribution >= 4 is 34.3 Å². The number of primary amides is 1. The van der Waals surface area contributed by atoms with E-state index in [1.54, 1.807) is 26.0 Å². The van der Waals surface area contributed by atoms with Crippen molar-refractivity contribution < 1.29 is 42.4 Å². The van der Waals surface area contributed by atoms with E-state index < -0.39 is 23.7 Å². The molecule has 2 aromatic heterocycles. The number of nitrogens with one attached hydrogen (secondary N) is 1. The van der Waals surface area contributed by atoms with Crippen LogP contribution >= 0.6 is 11.6 Å². The summed E-state index contributed by atoms with van der Waals surface area (Å²) in [5.41, 5.74) is 6.31. The Morgan fingerprint density at radius 2 is 1.89 bits per heavy atom. The van der Waals surface area contributed by atoms with Crippen molar-refractivity contribution in [3.05, 3.63) is 70.0 Å². The van der Waals surface area contributed by atoms with Crippen LogP contribution in [-0.2, 0) is 16.8 Å². The summed E-state index contributed by atoms with van der Waals surface area (Å²) in [4.78, 5) is 34.8. The van der Waals surface area contributed by atoms with Gasteiger partial charge in [-0.2, -0.15) is 0 Å². The quantitative estimate of drug-likeness (QED) is 0.186. The number of aryl methyl sites for hydroxylation is 1. The SMILES string of the molecule is CCOc1c(CC(N)=O)cc([C@@](O)(CNC(=O)c2cc(OC)c3nc(Cl)c(C)cc3c2)C2CC2)nc1-c1ccc2c(c1)OC(F)(F)O2. The van der Waals surface area contributed by atoms with Gasteiger partial charge in [-0.05, 0) is 80.6 Å². The molecule has 246 valence electrons. The Balaban J connectivity index is 1.39. The van der Waals surface area contributed by atoms with Gasteiger partial charge < -0.3 is 35.1 Å². The number of amides is 2. The summed E-state index contributed by atoms with van der Waals surface area (Å²) >= 11 is 6.21. The molecule has 4 aromatic rings. The van der Waals surface area contributed by atoms with Crippen LogP contribution in [0.2, 0.25) is 5.15 Å². The number of fused-ring (bicyclic) bond motifs is 2. The maximum absolute atomic E-state index is 13.8. The Labute approximate surface area is 272 Å². The zero-order valence-corrected chi connectivity index (χ0v) is 26.4. The summed E-state index contributed by atoms with van der Waals surface area (Å²) in [6, 6.07) is 10.6.